The molecule has 2 nitrogen and oxygen atoms in total. The Morgan fingerprint density at radius 1 is 0.404 bits per heavy atom. The number of benzene rings is 8. The van der Waals surface area contributed by atoms with E-state index in [-0.39, 0.29) is 0 Å². The fraction of sp³-hybridized carbons (Fsp3) is 0. The van der Waals surface area contributed by atoms with Crippen molar-refractivity contribution in [2.24, 2.45) is 0 Å². The Kier molecular flexibility index (Phi) is 5.78. The third-order valence-electron chi connectivity index (χ3n) is 9.44. The Labute approximate surface area is 275 Å². The number of fused-ring (bicyclic) bond motifs is 10. The molecule has 0 aliphatic heterocycles. The average Bonchev–Trinajstić information content (AvgIpc) is 3.71. The van der Waals surface area contributed by atoms with Crippen molar-refractivity contribution in [3.8, 4) is 11.1 Å². The first kappa shape index (κ1) is 26.3. The molecule has 0 fully saturated rings. The van der Waals surface area contributed by atoms with Crippen molar-refractivity contribution in [2.75, 3.05) is 4.90 Å². The summed E-state index contributed by atoms with van der Waals surface area (Å²) in [5, 5.41) is 9.88. The van der Waals surface area contributed by atoms with Crippen LogP contribution in [0.25, 0.3) is 74.8 Å². The van der Waals surface area contributed by atoms with Gasteiger partial charge in [-0.3, -0.25) is 0 Å². The smallest absolute Gasteiger partial charge is 0.136 e. The third-order valence-corrected chi connectivity index (χ3v) is 10.7. The lowest BCUT2D eigenvalue weighted by atomic mass is 10.0. The molecular formula is C44H27NOS. The highest BCUT2D eigenvalue weighted by molar-refractivity contribution is 7.27. The standard InChI is InChI=1S/C44H27NOS/c1-2-9-28(10-3-1)29-17-20-32(21-18-29)45(39-16-8-13-30-11-4-6-14-34(30)39)33-22-25-40-38(27-33)42-41(46-40)26-24-37-36-23-19-31-12-5-7-15-35(31)43(36)47-44(37)42/h1-27H. The van der Waals surface area contributed by atoms with Crippen molar-refractivity contribution >= 4 is 92.1 Å². The van der Waals surface area contributed by atoms with Gasteiger partial charge in [-0.1, -0.05) is 115 Å². The van der Waals surface area contributed by atoms with E-state index in [9.17, 15) is 0 Å². The van der Waals surface area contributed by atoms with E-state index in [0.29, 0.717) is 0 Å². The van der Waals surface area contributed by atoms with Gasteiger partial charge in [-0.05, 0) is 75.8 Å². The normalized spacial score (nSPS) is 11.8. The lowest BCUT2D eigenvalue weighted by Crippen LogP contribution is -2.10. The summed E-state index contributed by atoms with van der Waals surface area (Å²) < 4.78 is 9.11. The predicted molar refractivity (Wildman–Crippen MR) is 202 cm³/mol. The van der Waals surface area contributed by atoms with Crippen LogP contribution in [0.15, 0.2) is 168 Å². The van der Waals surface area contributed by atoms with Gasteiger partial charge in [-0.15, -0.1) is 11.3 Å². The molecule has 0 amide bonds. The first-order chi connectivity index (χ1) is 23.3. The van der Waals surface area contributed by atoms with Gasteiger partial charge in [0.2, 0.25) is 0 Å². The molecule has 0 aliphatic carbocycles. The largest absolute Gasteiger partial charge is 0.456 e. The zero-order valence-electron chi connectivity index (χ0n) is 25.4. The second-order valence-electron chi connectivity index (χ2n) is 12.1. The second kappa shape index (κ2) is 10.3. The third kappa shape index (κ3) is 4.10. The topological polar surface area (TPSA) is 16.4 Å². The molecule has 0 saturated heterocycles. The van der Waals surface area contributed by atoms with Crippen LogP contribution >= 0.6 is 11.3 Å². The van der Waals surface area contributed by atoms with Gasteiger partial charge in [0, 0.05) is 47.7 Å². The minimum Gasteiger partial charge on any atom is -0.456 e. The average molecular weight is 618 g/mol. The SMILES string of the molecule is c1ccc(-c2ccc(N(c3ccc4oc5ccc6c7ccc8ccccc8c7sc6c5c4c3)c3cccc4ccccc34)cc2)cc1. The summed E-state index contributed by atoms with van der Waals surface area (Å²) in [5.41, 5.74) is 7.56. The van der Waals surface area contributed by atoms with Crippen LogP contribution in [0.5, 0.6) is 0 Å². The molecule has 2 heterocycles. The van der Waals surface area contributed by atoms with Crippen molar-refractivity contribution in [1.29, 1.82) is 0 Å². The molecular weight excluding hydrogens is 591 g/mol. The first-order valence-electron chi connectivity index (χ1n) is 15.9. The van der Waals surface area contributed by atoms with Gasteiger partial charge >= 0.3 is 0 Å². The summed E-state index contributed by atoms with van der Waals surface area (Å²) in [6.45, 7) is 0. The summed E-state index contributed by atoms with van der Waals surface area (Å²) in [4.78, 5) is 2.38. The fourth-order valence-corrected chi connectivity index (χ4v) is 8.60. The van der Waals surface area contributed by atoms with E-state index < -0.39 is 0 Å². The van der Waals surface area contributed by atoms with Gasteiger partial charge in [-0.25, -0.2) is 0 Å². The highest BCUT2D eigenvalue weighted by Gasteiger charge is 2.20. The van der Waals surface area contributed by atoms with E-state index in [1.807, 2.05) is 11.3 Å². The molecule has 0 bridgehead atoms. The van der Waals surface area contributed by atoms with Crippen molar-refractivity contribution < 1.29 is 4.42 Å². The summed E-state index contributed by atoms with van der Waals surface area (Å²) in [6.07, 6.45) is 0. The van der Waals surface area contributed by atoms with Crippen molar-refractivity contribution in [2.45, 2.75) is 0 Å². The van der Waals surface area contributed by atoms with Gasteiger partial charge in [0.1, 0.15) is 11.2 Å². The highest BCUT2D eigenvalue weighted by atomic mass is 32.1. The van der Waals surface area contributed by atoms with Crippen LogP contribution in [0.2, 0.25) is 0 Å². The van der Waals surface area contributed by atoms with Gasteiger partial charge < -0.3 is 9.32 Å². The maximum absolute atomic E-state index is 6.51. The van der Waals surface area contributed by atoms with E-state index in [0.717, 1.165) is 33.6 Å². The quantitative estimate of drug-likeness (QED) is 0.195. The molecule has 0 saturated carbocycles. The van der Waals surface area contributed by atoms with Crippen LogP contribution < -0.4 is 4.90 Å². The molecule has 0 unspecified atom stereocenters. The second-order valence-corrected chi connectivity index (χ2v) is 13.1. The maximum atomic E-state index is 6.51. The number of hydrogen-bond donors (Lipinski definition) is 0. The lowest BCUT2D eigenvalue weighted by Gasteiger charge is -2.27. The summed E-state index contributed by atoms with van der Waals surface area (Å²) >= 11 is 1.87. The Hall–Kier alpha value is -5.90. The highest BCUT2D eigenvalue weighted by Crippen LogP contribution is 2.46. The number of rotatable bonds is 4. The Morgan fingerprint density at radius 2 is 1.04 bits per heavy atom. The molecule has 220 valence electrons. The summed E-state index contributed by atoms with van der Waals surface area (Å²) in [6, 6.07) is 58.9. The molecule has 0 atom stereocenters. The molecule has 0 N–H and O–H groups in total. The molecule has 0 aliphatic rings. The van der Waals surface area contributed by atoms with Crippen molar-refractivity contribution in [3.05, 3.63) is 164 Å². The Balaban J connectivity index is 1.22. The molecule has 8 aromatic carbocycles. The number of thiophene rings is 1. The number of anilines is 3. The van der Waals surface area contributed by atoms with Crippen LogP contribution in [0, 0.1) is 0 Å². The van der Waals surface area contributed by atoms with Crippen LogP contribution in [0.4, 0.5) is 17.1 Å². The van der Waals surface area contributed by atoms with Crippen LogP contribution in [-0.2, 0) is 0 Å². The molecule has 10 rings (SSSR count). The van der Waals surface area contributed by atoms with E-state index in [1.165, 1.54) is 58.2 Å². The fourth-order valence-electron chi connectivity index (χ4n) is 7.21. The zero-order chi connectivity index (χ0) is 30.9. The monoisotopic (exact) mass is 617 g/mol. The van der Waals surface area contributed by atoms with E-state index in [2.05, 4.69) is 169 Å². The van der Waals surface area contributed by atoms with Crippen molar-refractivity contribution in [1.82, 2.24) is 0 Å². The maximum Gasteiger partial charge on any atom is 0.136 e. The molecule has 2 aromatic heterocycles. The van der Waals surface area contributed by atoms with Crippen molar-refractivity contribution in [3.63, 3.8) is 0 Å². The molecule has 0 spiro atoms. The number of hydrogen-bond acceptors (Lipinski definition) is 3. The first-order valence-corrected chi connectivity index (χ1v) is 16.7. The molecule has 47 heavy (non-hydrogen) atoms. The minimum atomic E-state index is 0.899. The van der Waals surface area contributed by atoms with Gasteiger partial charge in [0.25, 0.3) is 0 Å². The molecule has 10 aromatic rings. The number of nitrogens with zero attached hydrogens (tertiary/aromatic N) is 1. The minimum absolute atomic E-state index is 0.899. The van der Waals surface area contributed by atoms with E-state index in [1.54, 1.807) is 0 Å². The van der Waals surface area contributed by atoms with Crippen LogP contribution in [0.3, 0.4) is 0 Å². The molecule has 0 radical (unpaired) electrons. The Morgan fingerprint density at radius 3 is 1.89 bits per heavy atom. The van der Waals surface area contributed by atoms with Gasteiger partial charge in [-0.2, -0.15) is 0 Å². The van der Waals surface area contributed by atoms with Crippen LogP contribution in [-0.4, -0.2) is 0 Å². The van der Waals surface area contributed by atoms with E-state index in [4.69, 9.17) is 4.42 Å². The number of furan rings is 1. The zero-order valence-corrected chi connectivity index (χ0v) is 26.2. The molecule has 3 heteroatoms. The Bertz CT molecular complexity index is 2790. The van der Waals surface area contributed by atoms with Gasteiger partial charge in [0.15, 0.2) is 0 Å². The van der Waals surface area contributed by atoms with Gasteiger partial charge in [0.05, 0.1) is 5.69 Å². The van der Waals surface area contributed by atoms with E-state index >= 15 is 0 Å². The summed E-state index contributed by atoms with van der Waals surface area (Å²) in [7, 11) is 0. The lowest BCUT2D eigenvalue weighted by molar-refractivity contribution is 0.669. The predicted octanol–water partition coefficient (Wildman–Crippen LogP) is 13.4. The summed E-state index contributed by atoms with van der Waals surface area (Å²) in [5.74, 6) is 0. The van der Waals surface area contributed by atoms with Crippen LogP contribution in [0.1, 0.15) is 0 Å².